The molecule has 0 spiro atoms. The van der Waals surface area contributed by atoms with Gasteiger partial charge in [0.15, 0.2) is 0 Å². The Bertz CT molecular complexity index is 1310. The number of benzene rings is 1. The number of fused-ring (bicyclic) bond motifs is 2. The molecule has 4 aromatic rings. The van der Waals surface area contributed by atoms with Gasteiger partial charge in [0.2, 0.25) is 0 Å². The summed E-state index contributed by atoms with van der Waals surface area (Å²) in [5.41, 5.74) is -0.187. The Morgan fingerprint density at radius 3 is 2.81 bits per heavy atom. The van der Waals surface area contributed by atoms with Crippen LogP contribution >= 0.6 is 0 Å². The van der Waals surface area contributed by atoms with Crippen LogP contribution in [0.25, 0.3) is 11.0 Å². The van der Waals surface area contributed by atoms with Crippen molar-refractivity contribution < 1.29 is 31.2 Å². The number of nitrogens with one attached hydrogen (secondary N) is 1. The zero-order chi connectivity index (χ0) is 22.6. The Morgan fingerprint density at radius 2 is 2.06 bits per heavy atom. The van der Waals surface area contributed by atoms with Gasteiger partial charge in [-0.2, -0.15) is 31.7 Å². The van der Waals surface area contributed by atoms with E-state index < -0.39 is 30.2 Å². The molecule has 0 aliphatic carbocycles. The van der Waals surface area contributed by atoms with Crippen LogP contribution in [0.3, 0.4) is 0 Å². The Kier molecular flexibility index (Phi) is 4.53. The highest BCUT2D eigenvalue weighted by atomic mass is 19.4. The van der Waals surface area contributed by atoms with Crippen LogP contribution in [0.15, 0.2) is 47.3 Å². The zero-order valence-corrected chi connectivity index (χ0v) is 16.1. The van der Waals surface area contributed by atoms with Gasteiger partial charge in [-0.05, 0) is 24.3 Å². The molecule has 0 fully saturated rings. The van der Waals surface area contributed by atoms with Crippen molar-refractivity contribution >= 4 is 16.9 Å². The summed E-state index contributed by atoms with van der Waals surface area (Å²) in [5, 5.41) is 3.32. The minimum atomic E-state index is -4.61. The molecular weight excluding hydrogens is 437 g/mol. The first-order chi connectivity index (χ1) is 15.3. The molecular formula is C20H14F5N5O2. The van der Waals surface area contributed by atoms with Crippen LogP contribution < -0.4 is 0 Å². The summed E-state index contributed by atoms with van der Waals surface area (Å²) < 4.78 is 73.0. The van der Waals surface area contributed by atoms with E-state index in [-0.39, 0.29) is 29.0 Å². The Balaban J connectivity index is 1.64. The fourth-order valence-electron chi connectivity index (χ4n) is 4.03. The normalized spacial score (nSPS) is 16.7. The third-order valence-corrected chi connectivity index (χ3v) is 5.42. The standard InChI is InChI=1S/C20H14F5N5O2/c21-19(22)30-13(4-6-28-30)18(31)29-7-5-12-16(27-9-26-12)17(29)15-8-10-11(20(23,24)25)2-1-3-14(10)32-15/h1-4,6,8-9,17,19H,5,7H2,(H,26,27)/t17-/m0/s1. The van der Waals surface area contributed by atoms with Gasteiger partial charge >= 0.3 is 12.7 Å². The summed E-state index contributed by atoms with van der Waals surface area (Å²) in [5.74, 6) is -0.723. The molecule has 1 amide bonds. The second kappa shape index (κ2) is 7.18. The third kappa shape index (κ3) is 3.13. The molecule has 1 aliphatic heterocycles. The molecule has 0 unspecified atom stereocenters. The van der Waals surface area contributed by atoms with E-state index in [0.717, 1.165) is 18.3 Å². The lowest BCUT2D eigenvalue weighted by atomic mass is 9.99. The second-order valence-corrected chi connectivity index (χ2v) is 7.22. The first-order valence-electron chi connectivity index (χ1n) is 9.50. The van der Waals surface area contributed by atoms with Crippen LogP contribution in [0.1, 0.15) is 45.8 Å². The molecule has 7 nitrogen and oxygen atoms in total. The number of imidazole rings is 1. The lowest BCUT2D eigenvalue weighted by molar-refractivity contribution is -0.136. The molecule has 0 saturated carbocycles. The molecule has 1 aliphatic rings. The van der Waals surface area contributed by atoms with Gasteiger partial charge in [0.25, 0.3) is 5.91 Å². The highest BCUT2D eigenvalue weighted by molar-refractivity contribution is 5.93. The van der Waals surface area contributed by atoms with E-state index in [9.17, 15) is 26.7 Å². The quantitative estimate of drug-likeness (QED) is 0.464. The summed E-state index contributed by atoms with van der Waals surface area (Å²) in [4.78, 5) is 21.6. The van der Waals surface area contributed by atoms with Gasteiger partial charge in [-0.1, -0.05) is 6.07 Å². The van der Waals surface area contributed by atoms with Crippen molar-refractivity contribution in [2.24, 2.45) is 0 Å². The number of nitrogens with zero attached hydrogens (tertiary/aromatic N) is 4. The highest BCUT2D eigenvalue weighted by Gasteiger charge is 2.39. The van der Waals surface area contributed by atoms with Crippen LogP contribution in [-0.4, -0.2) is 37.1 Å². The van der Waals surface area contributed by atoms with E-state index in [1.807, 2.05) is 0 Å². The molecule has 1 N–H and O–H groups in total. The lowest BCUT2D eigenvalue weighted by Crippen LogP contribution is -2.41. The number of furan rings is 1. The predicted molar refractivity (Wildman–Crippen MR) is 99.9 cm³/mol. The Labute approximate surface area is 176 Å². The Hall–Kier alpha value is -3.70. The zero-order valence-electron chi connectivity index (χ0n) is 16.1. The molecule has 4 heterocycles. The summed E-state index contributed by atoms with van der Waals surface area (Å²) >= 11 is 0. The van der Waals surface area contributed by atoms with Gasteiger partial charge in [-0.3, -0.25) is 4.79 Å². The number of aromatic amines is 1. The molecule has 166 valence electrons. The predicted octanol–water partition coefficient (Wildman–Crippen LogP) is 4.55. The van der Waals surface area contributed by atoms with Crippen molar-refractivity contribution in [3.8, 4) is 0 Å². The van der Waals surface area contributed by atoms with E-state index >= 15 is 0 Å². The first-order valence-corrected chi connectivity index (χ1v) is 9.50. The maximum Gasteiger partial charge on any atom is 0.417 e. The summed E-state index contributed by atoms with van der Waals surface area (Å²) in [6, 6.07) is 4.92. The maximum absolute atomic E-state index is 13.5. The van der Waals surface area contributed by atoms with Crippen LogP contribution in [0.2, 0.25) is 0 Å². The van der Waals surface area contributed by atoms with Gasteiger partial charge in [0, 0.05) is 30.2 Å². The summed E-state index contributed by atoms with van der Waals surface area (Å²) in [6.07, 6.45) is -1.77. The van der Waals surface area contributed by atoms with Crippen molar-refractivity contribution in [3.63, 3.8) is 0 Å². The highest BCUT2D eigenvalue weighted by Crippen LogP contribution is 2.41. The average molecular weight is 451 g/mol. The van der Waals surface area contributed by atoms with Crippen molar-refractivity contribution in [1.29, 1.82) is 0 Å². The van der Waals surface area contributed by atoms with Crippen molar-refractivity contribution in [1.82, 2.24) is 24.6 Å². The molecule has 0 saturated heterocycles. The number of halogens is 5. The number of H-pyrrole nitrogens is 1. The molecule has 12 heteroatoms. The molecule has 5 rings (SSSR count). The minimum absolute atomic E-state index is 0.0116. The SMILES string of the molecule is O=C(c1ccnn1C(F)F)N1CCc2[nH]cnc2[C@@H]1c1cc2c(C(F)(F)F)cccc2o1. The lowest BCUT2D eigenvalue weighted by Gasteiger charge is -2.33. The van der Waals surface area contributed by atoms with Crippen molar-refractivity contribution in [2.45, 2.75) is 25.2 Å². The number of hydrogen-bond acceptors (Lipinski definition) is 4. The molecule has 0 radical (unpaired) electrons. The smallest absolute Gasteiger partial charge is 0.417 e. The minimum Gasteiger partial charge on any atom is -0.458 e. The molecule has 0 bridgehead atoms. The largest absolute Gasteiger partial charge is 0.458 e. The van der Waals surface area contributed by atoms with E-state index in [2.05, 4.69) is 15.1 Å². The van der Waals surface area contributed by atoms with Gasteiger partial charge in [0.1, 0.15) is 23.1 Å². The van der Waals surface area contributed by atoms with Gasteiger partial charge in [0.05, 0.1) is 17.6 Å². The second-order valence-electron chi connectivity index (χ2n) is 7.22. The van der Waals surface area contributed by atoms with Gasteiger partial charge in [-0.25, -0.2) is 4.98 Å². The third-order valence-electron chi connectivity index (χ3n) is 5.42. The van der Waals surface area contributed by atoms with Crippen LogP contribution in [-0.2, 0) is 12.6 Å². The maximum atomic E-state index is 13.5. The van der Waals surface area contributed by atoms with Crippen LogP contribution in [0.5, 0.6) is 0 Å². The molecule has 3 aromatic heterocycles. The van der Waals surface area contributed by atoms with E-state index in [1.54, 1.807) is 0 Å². The number of alkyl halides is 5. The average Bonchev–Trinajstić information content (AvgIpc) is 3.49. The van der Waals surface area contributed by atoms with E-state index in [1.165, 1.54) is 29.4 Å². The fourth-order valence-corrected chi connectivity index (χ4v) is 4.03. The molecule has 1 atom stereocenters. The summed E-state index contributed by atoms with van der Waals surface area (Å²) in [6.45, 7) is -2.93. The summed E-state index contributed by atoms with van der Waals surface area (Å²) in [7, 11) is 0. The first kappa shape index (κ1) is 20.2. The van der Waals surface area contributed by atoms with Gasteiger partial charge in [-0.15, -0.1) is 0 Å². The van der Waals surface area contributed by atoms with Crippen LogP contribution in [0.4, 0.5) is 22.0 Å². The number of carbonyl (C=O) groups is 1. The number of hydrogen-bond donors (Lipinski definition) is 1. The topological polar surface area (TPSA) is 80.0 Å². The van der Waals surface area contributed by atoms with Crippen molar-refractivity contribution in [2.75, 3.05) is 6.54 Å². The molecule has 1 aromatic carbocycles. The van der Waals surface area contributed by atoms with Gasteiger partial charge < -0.3 is 14.3 Å². The number of amides is 1. The monoisotopic (exact) mass is 451 g/mol. The Morgan fingerprint density at radius 1 is 1.25 bits per heavy atom. The van der Waals surface area contributed by atoms with Crippen LogP contribution in [0, 0.1) is 0 Å². The number of aromatic nitrogens is 4. The van der Waals surface area contributed by atoms with Crippen molar-refractivity contribution in [3.05, 3.63) is 71.3 Å². The van der Waals surface area contributed by atoms with E-state index in [4.69, 9.17) is 4.42 Å². The van der Waals surface area contributed by atoms with E-state index in [0.29, 0.717) is 22.5 Å². The number of carbonyl (C=O) groups excluding carboxylic acids is 1. The fraction of sp³-hybridized carbons (Fsp3) is 0.250. The number of rotatable bonds is 3. The molecule has 32 heavy (non-hydrogen) atoms.